The molecule has 2 N–H and O–H groups in total. The minimum absolute atomic E-state index is 0.148. The molecule has 1 atom stereocenters. The molecular formula is C24H23Br2NO4. The van der Waals surface area contributed by atoms with E-state index < -0.39 is 12.0 Å². The van der Waals surface area contributed by atoms with Gasteiger partial charge in [0.25, 0.3) is 0 Å². The normalized spacial score (nSPS) is 11.9. The molecule has 5 nitrogen and oxygen atoms in total. The SMILES string of the molecule is CC(C)c1cc(Oc2c(Br)cc(N(c3ccccc3)C(C)C(=O)O)cc2Br)ccc1O. The first-order valence-electron chi connectivity index (χ1n) is 9.76. The van der Waals surface area contributed by atoms with Crippen molar-refractivity contribution in [2.75, 3.05) is 4.90 Å². The van der Waals surface area contributed by atoms with Gasteiger partial charge >= 0.3 is 5.97 Å². The van der Waals surface area contributed by atoms with E-state index in [2.05, 4.69) is 31.9 Å². The fraction of sp³-hybridized carbons (Fsp3) is 0.208. The molecule has 0 saturated carbocycles. The number of anilines is 2. The van der Waals surface area contributed by atoms with E-state index in [0.29, 0.717) is 26.1 Å². The first kappa shape index (κ1) is 23.2. The largest absolute Gasteiger partial charge is 0.508 e. The second kappa shape index (κ2) is 9.75. The van der Waals surface area contributed by atoms with Crippen molar-refractivity contribution in [1.82, 2.24) is 0 Å². The summed E-state index contributed by atoms with van der Waals surface area (Å²) in [6, 6.07) is 17.4. The molecule has 31 heavy (non-hydrogen) atoms. The molecule has 3 rings (SSSR count). The molecule has 0 aliphatic rings. The summed E-state index contributed by atoms with van der Waals surface area (Å²) >= 11 is 7.13. The molecule has 0 aliphatic heterocycles. The lowest BCUT2D eigenvalue weighted by Gasteiger charge is -2.29. The van der Waals surface area contributed by atoms with Crippen LogP contribution in [0.5, 0.6) is 17.2 Å². The summed E-state index contributed by atoms with van der Waals surface area (Å²) in [5.41, 5.74) is 2.26. The van der Waals surface area contributed by atoms with Crippen LogP contribution in [-0.2, 0) is 4.79 Å². The van der Waals surface area contributed by atoms with E-state index in [1.54, 1.807) is 24.0 Å². The van der Waals surface area contributed by atoms with Crippen LogP contribution < -0.4 is 9.64 Å². The molecule has 0 fully saturated rings. The molecular weight excluding hydrogens is 526 g/mol. The first-order chi connectivity index (χ1) is 14.7. The number of carboxylic acid groups (broad SMARTS) is 1. The van der Waals surface area contributed by atoms with Gasteiger partial charge in [0.05, 0.1) is 8.95 Å². The Kier molecular flexibility index (Phi) is 7.28. The number of ether oxygens (including phenoxy) is 1. The molecule has 1 unspecified atom stereocenters. The average molecular weight is 549 g/mol. The summed E-state index contributed by atoms with van der Waals surface area (Å²) in [7, 11) is 0. The van der Waals surface area contributed by atoms with Crippen molar-refractivity contribution in [3.05, 3.63) is 75.2 Å². The predicted molar refractivity (Wildman–Crippen MR) is 130 cm³/mol. The number of rotatable bonds is 7. The standard InChI is InChI=1S/C24H23Br2NO4/c1-14(2)19-13-18(9-10-22(19)28)31-23-20(25)11-17(12-21(23)26)27(15(3)24(29)30)16-7-5-4-6-8-16/h4-15,28H,1-3H3,(H,29,30). The van der Waals surface area contributed by atoms with Crippen molar-refractivity contribution in [3.63, 3.8) is 0 Å². The van der Waals surface area contributed by atoms with Crippen molar-refractivity contribution < 1.29 is 19.7 Å². The van der Waals surface area contributed by atoms with E-state index in [9.17, 15) is 15.0 Å². The van der Waals surface area contributed by atoms with Crippen LogP contribution in [0.4, 0.5) is 11.4 Å². The number of carboxylic acids is 1. The highest BCUT2D eigenvalue weighted by molar-refractivity contribution is 9.11. The van der Waals surface area contributed by atoms with E-state index >= 15 is 0 Å². The van der Waals surface area contributed by atoms with Crippen LogP contribution in [0.2, 0.25) is 0 Å². The second-order valence-corrected chi connectivity index (χ2v) is 9.14. The summed E-state index contributed by atoms with van der Waals surface area (Å²) in [6.45, 7) is 5.65. The fourth-order valence-electron chi connectivity index (χ4n) is 3.25. The topological polar surface area (TPSA) is 70.0 Å². The Morgan fingerprint density at radius 2 is 1.55 bits per heavy atom. The molecule has 0 spiro atoms. The number of carbonyl (C=O) groups is 1. The van der Waals surface area contributed by atoms with Crippen molar-refractivity contribution in [3.8, 4) is 17.2 Å². The first-order valence-corrected chi connectivity index (χ1v) is 11.3. The van der Waals surface area contributed by atoms with Gasteiger partial charge in [-0.05, 0) is 87.2 Å². The smallest absolute Gasteiger partial charge is 0.326 e. The van der Waals surface area contributed by atoms with Crippen LogP contribution in [0.25, 0.3) is 0 Å². The Morgan fingerprint density at radius 3 is 2.10 bits per heavy atom. The van der Waals surface area contributed by atoms with E-state index in [0.717, 1.165) is 11.3 Å². The lowest BCUT2D eigenvalue weighted by atomic mass is 10.0. The van der Waals surface area contributed by atoms with Gasteiger partial charge in [0, 0.05) is 16.9 Å². The van der Waals surface area contributed by atoms with E-state index in [-0.39, 0.29) is 11.7 Å². The summed E-state index contributed by atoms with van der Waals surface area (Å²) < 4.78 is 7.42. The van der Waals surface area contributed by atoms with Gasteiger partial charge in [-0.2, -0.15) is 0 Å². The van der Waals surface area contributed by atoms with Gasteiger partial charge in [-0.25, -0.2) is 4.79 Å². The van der Waals surface area contributed by atoms with Gasteiger partial charge in [-0.1, -0.05) is 32.0 Å². The molecule has 162 valence electrons. The van der Waals surface area contributed by atoms with Crippen molar-refractivity contribution >= 4 is 49.2 Å². The maximum Gasteiger partial charge on any atom is 0.326 e. The summed E-state index contributed by atoms with van der Waals surface area (Å²) in [5, 5.41) is 19.7. The van der Waals surface area contributed by atoms with E-state index in [4.69, 9.17) is 4.74 Å². The zero-order valence-electron chi connectivity index (χ0n) is 17.3. The third kappa shape index (κ3) is 5.22. The highest BCUT2D eigenvalue weighted by atomic mass is 79.9. The van der Waals surface area contributed by atoms with Crippen molar-refractivity contribution in [1.29, 1.82) is 0 Å². The summed E-state index contributed by atoms with van der Waals surface area (Å²) in [6.07, 6.45) is 0. The van der Waals surface area contributed by atoms with Crippen molar-refractivity contribution in [2.24, 2.45) is 0 Å². The number of hydrogen-bond donors (Lipinski definition) is 2. The zero-order chi connectivity index (χ0) is 22.7. The second-order valence-electron chi connectivity index (χ2n) is 7.44. The highest BCUT2D eigenvalue weighted by Crippen LogP contribution is 2.43. The molecule has 0 radical (unpaired) electrons. The number of aliphatic carboxylic acids is 1. The van der Waals surface area contributed by atoms with Gasteiger partial charge in [0.2, 0.25) is 0 Å². The minimum atomic E-state index is -0.929. The highest BCUT2D eigenvalue weighted by Gasteiger charge is 2.24. The number of hydrogen-bond acceptors (Lipinski definition) is 4. The lowest BCUT2D eigenvalue weighted by molar-refractivity contribution is -0.138. The van der Waals surface area contributed by atoms with E-state index in [1.165, 1.54) is 0 Å². The number of phenolic OH excluding ortho intramolecular Hbond substituents is 1. The average Bonchev–Trinajstić information content (AvgIpc) is 2.72. The summed E-state index contributed by atoms with van der Waals surface area (Å²) in [5.74, 6) is 0.600. The molecule has 0 saturated heterocycles. The Hall–Kier alpha value is -2.51. The van der Waals surface area contributed by atoms with Crippen molar-refractivity contribution in [2.45, 2.75) is 32.7 Å². The third-order valence-corrected chi connectivity index (χ3v) is 6.06. The van der Waals surface area contributed by atoms with Crippen LogP contribution in [0.3, 0.4) is 0 Å². The Morgan fingerprint density at radius 1 is 0.935 bits per heavy atom. The van der Waals surface area contributed by atoms with E-state index in [1.807, 2.05) is 62.4 Å². The number of benzene rings is 3. The zero-order valence-corrected chi connectivity index (χ0v) is 20.5. The van der Waals surface area contributed by atoms with Gasteiger partial charge in [0.15, 0.2) is 5.75 Å². The molecule has 3 aromatic carbocycles. The van der Waals surface area contributed by atoms with Crippen LogP contribution in [0.1, 0.15) is 32.3 Å². The molecule has 0 bridgehead atoms. The minimum Gasteiger partial charge on any atom is -0.508 e. The Labute approximate surface area is 198 Å². The lowest BCUT2D eigenvalue weighted by Crippen LogP contribution is -2.35. The molecule has 0 heterocycles. The Balaban J connectivity index is 2.01. The number of para-hydroxylation sites is 1. The van der Waals surface area contributed by atoms with Crippen LogP contribution in [0.15, 0.2) is 69.6 Å². The van der Waals surface area contributed by atoms with Crippen LogP contribution in [0, 0.1) is 0 Å². The van der Waals surface area contributed by atoms with Crippen LogP contribution >= 0.6 is 31.9 Å². The van der Waals surface area contributed by atoms with Gasteiger partial charge in [-0.3, -0.25) is 0 Å². The molecule has 0 aliphatic carbocycles. The quantitative estimate of drug-likeness (QED) is 0.321. The monoisotopic (exact) mass is 547 g/mol. The Bertz CT molecular complexity index is 1060. The molecule has 0 amide bonds. The summed E-state index contributed by atoms with van der Waals surface area (Å²) in [4.78, 5) is 13.5. The number of phenols is 1. The third-order valence-electron chi connectivity index (χ3n) is 4.88. The molecule has 3 aromatic rings. The fourth-order valence-corrected chi connectivity index (χ4v) is 4.58. The molecule has 0 aromatic heterocycles. The van der Waals surface area contributed by atoms with Gasteiger partial charge < -0.3 is 19.8 Å². The number of nitrogens with zero attached hydrogens (tertiary/aromatic N) is 1. The maximum absolute atomic E-state index is 11.8. The number of aromatic hydroxyl groups is 1. The maximum atomic E-state index is 11.8. The predicted octanol–water partition coefficient (Wildman–Crippen LogP) is 7.44. The van der Waals surface area contributed by atoms with Gasteiger partial charge in [-0.15, -0.1) is 0 Å². The number of halogens is 2. The van der Waals surface area contributed by atoms with Gasteiger partial charge in [0.1, 0.15) is 17.5 Å². The van der Waals surface area contributed by atoms with Crippen LogP contribution in [-0.4, -0.2) is 22.2 Å². The molecule has 7 heteroatoms.